The summed E-state index contributed by atoms with van der Waals surface area (Å²) >= 11 is 6.43. The fourth-order valence-corrected chi connectivity index (χ4v) is 3.19. The molecule has 0 amide bonds. The predicted octanol–water partition coefficient (Wildman–Crippen LogP) is 3.73. The smallest absolute Gasteiger partial charge is 0.165 e. The zero-order valence-corrected chi connectivity index (χ0v) is 12.6. The minimum Gasteiger partial charge on any atom is -0.493 e. The first-order valence-electron chi connectivity index (χ1n) is 6.89. The molecular formula is C15H22ClNO2. The molecule has 19 heavy (non-hydrogen) atoms. The predicted molar refractivity (Wildman–Crippen MR) is 78.5 cm³/mol. The Morgan fingerprint density at radius 1 is 1.32 bits per heavy atom. The van der Waals surface area contributed by atoms with Crippen LogP contribution in [0.15, 0.2) is 6.07 Å². The van der Waals surface area contributed by atoms with Gasteiger partial charge in [-0.3, -0.25) is 0 Å². The van der Waals surface area contributed by atoms with Crippen molar-refractivity contribution >= 4 is 11.6 Å². The maximum Gasteiger partial charge on any atom is 0.165 e. The average molecular weight is 284 g/mol. The van der Waals surface area contributed by atoms with Crippen LogP contribution in [0.2, 0.25) is 5.02 Å². The highest BCUT2D eigenvalue weighted by Crippen LogP contribution is 2.44. The van der Waals surface area contributed by atoms with Crippen molar-refractivity contribution in [3.8, 4) is 11.5 Å². The van der Waals surface area contributed by atoms with E-state index in [1.54, 1.807) is 14.2 Å². The van der Waals surface area contributed by atoms with Gasteiger partial charge in [-0.2, -0.15) is 0 Å². The van der Waals surface area contributed by atoms with Gasteiger partial charge in [0.2, 0.25) is 0 Å². The highest BCUT2D eigenvalue weighted by molar-refractivity contribution is 6.31. The van der Waals surface area contributed by atoms with Crippen LogP contribution >= 0.6 is 11.6 Å². The molecule has 0 heterocycles. The van der Waals surface area contributed by atoms with E-state index >= 15 is 0 Å². The third-order valence-corrected chi connectivity index (χ3v) is 4.07. The lowest BCUT2D eigenvalue weighted by molar-refractivity contribution is 0.345. The lowest BCUT2D eigenvalue weighted by atomic mass is 9.97. The van der Waals surface area contributed by atoms with Crippen LogP contribution in [-0.4, -0.2) is 20.8 Å². The molecule has 0 saturated carbocycles. The van der Waals surface area contributed by atoms with E-state index < -0.39 is 0 Å². The fraction of sp³-hybridized carbons (Fsp3) is 0.600. The van der Waals surface area contributed by atoms with Crippen LogP contribution in [0.3, 0.4) is 0 Å². The summed E-state index contributed by atoms with van der Waals surface area (Å²) < 4.78 is 11.0. The van der Waals surface area contributed by atoms with Crippen LogP contribution in [0.25, 0.3) is 0 Å². The molecule has 1 aromatic carbocycles. The minimum absolute atomic E-state index is 0.296. The van der Waals surface area contributed by atoms with Crippen molar-refractivity contribution in [3.05, 3.63) is 22.2 Å². The van der Waals surface area contributed by atoms with Gasteiger partial charge in [0.15, 0.2) is 11.5 Å². The van der Waals surface area contributed by atoms with Gasteiger partial charge in [-0.05, 0) is 31.4 Å². The normalized spacial score (nSPS) is 18.6. The van der Waals surface area contributed by atoms with Crippen LogP contribution in [-0.2, 0) is 6.42 Å². The summed E-state index contributed by atoms with van der Waals surface area (Å²) in [4.78, 5) is 0. The second-order valence-corrected chi connectivity index (χ2v) is 5.25. The summed E-state index contributed by atoms with van der Waals surface area (Å²) in [5.74, 6) is 1.55. The van der Waals surface area contributed by atoms with Gasteiger partial charge in [0, 0.05) is 22.7 Å². The number of methoxy groups -OCH3 is 2. The fourth-order valence-electron chi connectivity index (χ4n) is 2.90. The van der Waals surface area contributed by atoms with Crippen molar-refractivity contribution in [3.63, 3.8) is 0 Å². The highest BCUT2D eigenvalue weighted by Gasteiger charge is 2.26. The van der Waals surface area contributed by atoms with E-state index in [1.807, 2.05) is 6.07 Å². The Morgan fingerprint density at radius 2 is 2.11 bits per heavy atom. The van der Waals surface area contributed by atoms with Gasteiger partial charge >= 0.3 is 0 Å². The van der Waals surface area contributed by atoms with E-state index in [2.05, 4.69) is 12.2 Å². The van der Waals surface area contributed by atoms with Crippen molar-refractivity contribution in [2.45, 2.75) is 38.6 Å². The van der Waals surface area contributed by atoms with Gasteiger partial charge in [-0.25, -0.2) is 0 Å². The molecule has 2 rings (SSSR count). The number of benzene rings is 1. The molecule has 0 aromatic heterocycles. The molecule has 0 fully saturated rings. The molecule has 1 aliphatic carbocycles. The number of ether oxygens (including phenoxy) is 2. The Morgan fingerprint density at radius 3 is 2.74 bits per heavy atom. The molecule has 0 saturated heterocycles. The summed E-state index contributed by atoms with van der Waals surface area (Å²) in [6.07, 6.45) is 4.50. The first kappa shape index (κ1) is 14.5. The van der Waals surface area contributed by atoms with E-state index in [4.69, 9.17) is 21.1 Å². The van der Waals surface area contributed by atoms with Crippen molar-refractivity contribution in [1.82, 2.24) is 5.32 Å². The van der Waals surface area contributed by atoms with Crippen molar-refractivity contribution < 1.29 is 9.47 Å². The Hall–Kier alpha value is -0.930. The molecule has 0 aliphatic heterocycles. The topological polar surface area (TPSA) is 30.5 Å². The van der Waals surface area contributed by atoms with E-state index in [1.165, 1.54) is 24.0 Å². The van der Waals surface area contributed by atoms with Gasteiger partial charge < -0.3 is 14.8 Å². The first-order valence-corrected chi connectivity index (χ1v) is 7.27. The van der Waals surface area contributed by atoms with Gasteiger partial charge in [0.25, 0.3) is 0 Å². The Labute approximate surface area is 120 Å². The lowest BCUT2D eigenvalue weighted by Crippen LogP contribution is -2.22. The molecule has 3 nitrogen and oxygen atoms in total. The molecule has 0 bridgehead atoms. The second-order valence-electron chi connectivity index (χ2n) is 4.84. The van der Waals surface area contributed by atoms with Gasteiger partial charge in [-0.15, -0.1) is 0 Å². The second kappa shape index (κ2) is 6.49. The van der Waals surface area contributed by atoms with E-state index in [0.29, 0.717) is 6.04 Å². The van der Waals surface area contributed by atoms with E-state index in [-0.39, 0.29) is 0 Å². The molecule has 1 unspecified atom stereocenters. The van der Waals surface area contributed by atoms with E-state index in [9.17, 15) is 0 Å². The summed E-state index contributed by atoms with van der Waals surface area (Å²) in [5.41, 5.74) is 2.40. The monoisotopic (exact) mass is 283 g/mol. The molecule has 1 aromatic rings. The highest BCUT2D eigenvalue weighted by atomic mass is 35.5. The molecule has 0 spiro atoms. The quantitative estimate of drug-likeness (QED) is 0.854. The van der Waals surface area contributed by atoms with Crippen LogP contribution in [0, 0.1) is 0 Å². The zero-order valence-electron chi connectivity index (χ0n) is 11.9. The molecule has 1 N–H and O–H groups in total. The number of hydrogen-bond donors (Lipinski definition) is 1. The van der Waals surface area contributed by atoms with Crippen molar-refractivity contribution in [2.24, 2.45) is 0 Å². The van der Waals surface area contributed by atoms with Crippen LogP contribution in [0.5, 0.6) is 11.5 Å². The Balaban J connectivity index is 2.60. The molecule has 0 radical (unpaired) electrons. The van der Waals surface area contributed by atoms with Gasteiger partial charge in [0.05, 0.1) is 14.2 Å². The van der Waals surface area contributed by atoms with Gasteiger partial charge in [-0.1, -0.05) is 24.9 Å². The number of fused-ring (bicyclic) bond motifs is 1. The summed E-state index contributed by atoms with van der Waals surface area (Å²) in [7, 11) is 3.35. The zero-order chi connectivity index (χ0) is 13.8. The first-order chi connectivity index (χ1) is 9.22. The summed E-state index contributed by atoms with van der Waals surface area (Å²) in [6, 6.07) is 2.16. The molecule has 1 atom stereocenters. The maximum atomic E-state index is 6.43. The average Bonchev–Trinajstić information content (AvgIpc) is 2.62. The number of nitrogens with one attached hydrogen (secondary N) is 1. The number of halogens is 1. The van der Waals surface area contributed by atoms with E-state index in [0.717, 1.165) is 35.9 Å². The van der Waals surface area contributed by atoms with Crippen molar-refractivity contribution in [1.29, 1.82) is 0 Å². The Bertz CT molecular complexity index is 448. The number of rotatable bonds is 4. The molecule has 1 aliphatic rings. The SMILES string of the molecule is CCNC1CCCCc2c(Cl)cc(OC)c(OC)c21. The molecule has 4 heteroatoms. The summed E-state index contributed by atoms with van der Waals surface area (Å²) in [5, 5.41) is 4.33. The molecule has 106 valence electrons. The van der Waals surface area contributed by atoms with Gasteiger partial charge in [0.1, 0.15) is 0 Å². The summed E-state index contributed by atoms with van der Waals surface area (Å²) in [6.45, 7) is 3.06. The van der Waals surface area contributed by atoms with Crippen LogP contribution < -0.4 is 14.8 Å². The largest absolute Gasteiger partial charge is 0.493 e. The standard InChI is InChI=1S/C15H22ClNO2/c1-4-17-12-8-6-5-7-10-11(16)9-13(18-2)15(19-3)14(10)12/h9,12,17H,4-8H2,1-3H3. The third kappa shape index (κ3) is 2.82. The third-order valence-electron chi connectivity index (χ3n) is 3.73. The molecular weight excluding hydrogens is 262 g/mol. The maximum absolute atomic E-state index is 6.43. The Kier molecular flexibility index (Phi) is 4.94. The van der Waals surface area contributed by atoms with Crippen LogP contribution in [0.4, 0.5) is 0 Å². The van der Waals surface area contributed by atoms with Crippen molar-refractivity contribution in [2.75, 3.05) is 20.8 Å². The lowest BCUT2D eigenvalue weighted by Gasteiger charge is -2.23. The van der Waals surface area contributed by atoms with Crippen LogP contribution in [0.1, 0.15) is 43.4 Å². The number of hydrogen-bond acceptors (Lipinski definition) is 3. The minimum atomic E-state index is 0.296.